The molecule has 36 heavy (non-hydrogen) atoms. The van der Waals surface area contributed by atoms with Gasteiger partial charge in [0.2, 0.25) is 0 Å². The number of benzene rings is 3. The molecule has 0 saturated heterocycles. The Morgan fingerprint density at radius 2 is 1.61 bits per heavy atom. The van der Waals surface area contributed by atoms with Crippen LogP contribution in [-0.4, -0.2) is 32.8 Å². The van der Waals surface area contributed by atoms with Crippen molar-refractivity contribution in [2.24, 2.45) is 0 Å². The molecule has 0 fully saturated rings. The van der Waals surface area contributed by atoms with Crippen LogP contribution in [0.15, 0.2) is 109 Å². The van der Waals surface area contributed by atoms with E-state index in [4.69, 9.17) is 4.74 Å². The highest BCUT2D eigenvalue weighted by atomic mass is 32.2. The van der Waals surface area contributed by atoms with Crippen LogP contribution in [0.25, 0.3) is 17.1 Å². The Balaban J connectivity index is 1.35. The van der Waals surface area contributed by atoms with Crippen molar-refractivity contribution in [2.45, 2.75) is 10.9 Å². The summed E-state index contributed by atoms with van der Waals surface area (Å²) >= 11 is 1.58. The molecule has 2 aromatic heterocycles. The number of rotatable bonds is 8. The topological polar surface area (TPSA) is 81.9 Å². The van der Waals surface area contributed by atoms with E-state index in [0.717, 1.165) is 39.2 Å². The smallest absolute Gasteiger partial charge is 0.255 e. The van der Waals surface area contributed by atoms with Crippen LogP contribution in [0.1, 0.15) is 15.9 Å². The maximum Gasteiger partial charge on any atom is 0.255 e. The Bertz CT molecular complexity index is 1440. The van der Waals surface area contributed by atoms with Crippen molar-refractivity contribution in [1.82, 2.24) is 19.7 Å². The Morgan fingerprint density at radius 3 is 2.31 bits per heavy atom. The second kappa shape index (κ2) is 10.9. The number of nitrogens with zero attached hydrogens (tertiary/aromatic N) is 4. The van der Waals surface area contributed by atoms with E-state index < -0.39 is 0 Å². The predicted molar refractivity (Wildman–Crippen MR) is 142 cm³/mol. The van der Waals surface area contributed by atoms with Gasteiger partial charge in [0.1, 0.15) is 5.75 Å². The SMILES string of the molecule is COc1ccc(-n2c(SCc3ccc(C(=O)Nc4ccccc4)cc3)nnc2-c2ccncc2)cc1. The number of carbonyl (C=O) groups is 1. The predicted octanol–water partition coefficient (Wildman–Crippen LogP) is 5.88. The van der Waals surface area contributed by atoms with E-state index in [9.17, 15) is 4.79 Å². The molecule has 3 aromatic carbocycles. The standard InChI is InChI=1S/C28H23N5O2S/c1-35-25-13-11-24(12-14-25)33-26(21-15-17-29-18-16-21)31-32-28(33)36-19-20-7-9-22(10-8-20)27(34)30-23-5-3-2-4-6-23/h2-18H,19H2,1H3,(H,30,34). The Hall–Kier alpha value is -4.43. The number of carbonyl (C=O) groups excluding carboxylic acids is 1. The number of pyridine rings is 1. The molecule has 0 atom stereocenters. The maximum absolute atomic E-state index is 12.5. The largest absolute Gasteiger partial charge is 0.497 e. The highest BCUT2D eigenvalue weighted by Crippen LogP contribution is 2.30. The van der Waals surface area contributed by atoms with Crippen molar-refractivity contribution in [3.63, 3.8) is 0 Å². The number of hydrogen-bond acceptors (Lipinski definition) is 6. The molecule has 0 aliphatic carbocycles. The number of methoxy groups -OCH3 is 1. The molecule has 5 aromatic rings. The summed E-state index contributed by atoms with van der Waals surface area (Å²) in [5.74, 6) is 2.05. The van der Waals surface area contributed by atoms with Crippen LogP contribution in [-0.2, 0) is 5.75 Å². The zero-order chi connectivity index (χ0) is 24.7. The van der Waals surface area contributed by atoms with E-state index in [-0.39, 0.29) is 5.91 Å². The summed E-state index contributed by atoms with van der Waals surface area (Å²) in [6.07, 6.45) is 3.48. The highest BCUT2D eigenvalue weighted by molar-refractivity contribution is 7.98. The molecule has 0 saturated carbocycles. The molecule has 0 bridgehead atoms. The lowest BCUT2D eigenvalue weighted by Gasteiger charge is -2.11. The minimum Gasteiger partial charge on any atom is -0.497 e. The fourth-order valence-corrected chi connectivity index (χ4v) is 4.55. The first-order valence-electron chi connectivity index (χ1n) is 11.3. The van der Waals surface area contributed by atoms with E-state index in [2.05, 4.69) is 20.5 Å². The van der Waals surface area contributed by atoms with Gasteiger partial charge in [0, 0.05) is 40.6 Å². The van der Waals surface area contributed by atoms with Crippen LogP contribution in [0.3, 0.4) is 0 Å². The first kappa shape index (κ1) is 23.3. The molecule has 0 radical (unpaired) electrons. The molecule has 1 amide bonds. The lowest BCUT2D eigenvalue weighted by atomic mass is 10.1. The van der Waals surface area contributed by atoms with Crippen LogP contribution < -0.4 is 10.1 Å². The van der Waals surface area contributed by atoms with Crippen LogP contribution in [0, 0.1) is 0 Å². The van der Waals surface area contributed by atoms with Gasteiger partial charge in [-0.3, -0.25) is 14.3 Å². The number of hydrogen-bond donors (Lipinski definition) is 1. The van der Waals surface area contributed by atoms with Crippen molar-refractivity contribution in [1.29, 1.82) is 0 Å². The van der Waals surface area contributed by atoms with Crippen LogP contribution >= 0.6 is 11.8 Å². The minimum absolute atomic E-state index is 0.137. The molecule has 2 heterocycles. The van der Waals surface area contributed by atoms with Gasteiger partial charge in [0.25, 0.3) is 5.91 Å². The maximum atomic E-state index is 12.5. The molecule has 178 valence electrons. The molecule has 0 spiro atoms. The molecule has 0 aliphatic heterocycles. The molecule has 0 unspecified atom stereocenters. The summed E-state index contributed by atoms with van der Waals surface area (Å²) in [7, 11) is 1.65. The number of aromatic nitrogens is 4. The summed E-state index contributed by atoms with van der Waals surface area (Å²) < 4.78 is 7.34. The number of nitrogens with one attached hydrogen (secondary N) is 1. The first-order chi connectivity index (χ1) is 17.7. The van der Waals surface area contributed by atoms with Crippen molar-refractivity contribution < 1.29 is 9.53 Å². The van der Waals surface area contributed by atoms with Crippen LogP contribution in [0.2, 0.25) is 0 Å². The van der Waals surface area contributed by atoms with Gasteiger partial charge in [-0.05, 0) is 66.2 Å². The van der Waals surface area contributed by atoms with Gasteiger partial charge in [0.05, 0.1) is 7.11 Å². The van der Waals surface area contributed by atoms with Crippen molar-refractivity contribution in [2.75, 3.05) is 12.4 Å². The van der Waals surface area contributed by atoms with Gasteiger partial charge in [-0.15, -0.1) is 10.2 Å². The van der Waals surface area contributed by atoms with Gasteiger partial charge >= 0.3 is 0 Å². The Morgan fingerprint density at radius 1 is 0.889 bits per heavy atom. The number of para-hydroxylation sites is 1. The van der Waals surface area contributed by atoms with Gasteiger partial charge in [0.15, 0.2) is 11.0 Å². The number of amides is 1. The van der Waals surface area contributed by atoms with Gasteiger partial charge in [-0.25, -0.2) is 0 Å². The lowest BCUT2D eigenvalue weighted by molar-refractivity contribution is 0.102. The molecule has 0 aliphatic rings. The Labute approximate surface area is 213 Å². The third-order valence-electron chi connectivity index (χ3n) is 5.52. The van der Waals surface area contributed by atoms with Gasteiger partial charge in [-0.1, -0.05) is 42.1 Å². The summed E-state index contributed by atoms with van der Waals surface area (Å²) in [4.78, 5) is 16.7. The number of anilines is 1. The molecule has 7 nitrogen and oxygen atoms in total. The average molecular weight is 494 g/mol. The quantitative estimate of drug-likeness (QED) is 0.272. The van der Waals surface area contributed by atoms with E-state index >= 15 is 0 Å². The van der Waals surface area contributed by atoms with Crippen molar-refractivity contribution >= 4 is 23.4 Å². The second-order valence-electron chi connectivity index (χ2n) is 7.88. The fraction of sp³-hybridized carbons (Fsp3) is 0.0714. The molecule has 5 rings (SSSR count). The molecular weight excluding hydrogens is 470 g/mol. The highest BCUT2D eigenvalue weighted by Gasteiger charge is 2.16. The molecule has 8 heteroatoms. The number of ether oxygens (including phenoxy) is 1. The molecule has 1 N–H and O–H groups in total. The van der Waals surface area contributed by atoms with Gasteiger partial charge in [-0.2, -0.15) is 0 Å². The monoisotopic (exact) mass is 493 g/mol. The van der Waals surface area contributed by atoms with E-state index in [1.165, 1.54) is 0 Å². The Kier molecular flexibility index (Phi) is 7.05. The number of thioether (sulfide) groups is 1. The van der Waals surface area contributed by atoms with Crippen molar-refractivity contribution in [3.8, 4) is 22.8 Å². The zero-order valence-corrected chi connectivity index (χ0v) is 20.4. The summed E-state index contributed by atoms with van der Waals surface area (Å²) in [6, 6.07) is 28.6. The third kappa shape index (κ3) is 5.29. The summed E-state index contributed by atoms with van der Waals surface area (Å²) in [6.45, 7) is 0. The summed E-state index contributed by atoms with van der Waals surface area (Å²) in [5.41, 5.74) is 4.31. The average Bonchev–Trinajstić information content (AvgIpc) is 3.37. The molecular formula is C28H23N5O2S. The van der Waals surface area contributed by atoms with Crippen LogP contribution in [0.4, 0.5) is 5.69 Å². The third-order valence-corrected chi connectivity index (χ3v) is 6.52. The van der Waals surface area contributed by atoms with E-state index in [1.54, 1.807) is 31.3 Å². The second-order valence-corrected chi connectivity index (χ2v) is 8.82. The van der Waals surface area contributed by atoms with E-state index in [1.807, 2.05) is 95.6 Å². The normalized spacial score (nSPS) is 10.7. The van der Waals surface area contributed by atoms with Gasteiger partial charge < -0.3 is 10.1 Å². The van der Waals surface area contributed by atoms with E-state index in [0.29, 0.717) is 11.3 Å². The lowest BCUT2D eigenvalue weighted by Crippen LogP contribution is -2.11. The zero-order valence-electron chi connectivity index (χ0n) is 19.5. The van der Waals surface area contributed by atoms with Crippen molar-refractivity contribution in [3.05, 3.63) is 115 Å². The fourth-order valence-electron chi connectivity index (χ4n) is 3.64. The summed E-state index contributed by atoms with van der Waals surface area (Å²) in [5, 5.41) is 12.6. The first-order valence-corrected chi connectivity index (χ1v) is 12.3. The minimum atomic E-state index is -0.137. The van der Waals surface area contributed by atoms with Crippen LogP contribution in [0.5, 0.6) is 5.75 Å².